The second-order valence-corrected chi connectivity index (χ2v) is 30.9. The quantitative estimate of drug-likeness (QED) is 0.0533. The van der Waals surface area contributed by atoms with Crippen LogP contribution in [0.1, 0.15) is 497 Å². The molecule has 0 atom stereocenters. The molecule has 0 saturated carbocycles. The highest BCUT2D eigenvalue weighted by atomic mass is 14.0. The summed E-state index contributed by atoms with van der Waals surface area (Å²) in [7, 11) is 0. The van der Waals surface area contributed by atoms with Crippen molar-refractivity contribution in [1.29, 1.82) is 0 Å². The molecule has 0 heterocycles. The van der Waals surface area contributed by atoms with Gasteiger partial charge in [-0.25, -0.2) is 0 Å². The highest BCUT2D eigenvalue weighted by molar-refractivity contribution is 4.52. The second kappa shape index (κ2) is 103. The summed E-state index contributed by atoms with van der Waals surface area (Å²) < 4.78 is 0. The average molecular weight is 1210 g/mol. The minimum atomic E-state index is 0.833. The molecule has 0 heteroatoms. The Labute approximate surface area is 552 Å². The normalized spacial score (nSPS) is 10.6. The molecule has 0 aromatic carbocycles. The first kappa shape index (κ1) is 107. The van der Waals surface area contributed by atoms with E-state index in [1.807, 2.05) is 0 Å². The molecule has 0 aromatic heterocycles. The largest absolute Gasteiger partial charge is 0.0654 e. The molecule has 0 radical (unpaired) electrons. The van der Waals surface area contributed by atoms with E-state index in [0.717, 1.165) is 59.2 Å². The van der Waals surface area contributed by atoms with E-state index in [4.69, 9.17) is 0 Å². The monoisotopic (exact) mass is 1210 g/mol. The third-order valence-electron chi connectivity index (χ3n) is 14.9. The van der Waals surface area contributed by atoms with Crippen LogP contribution in [0.4, 0.5) is 0 Å². The van der Waals surface area contributed by atoms with Gasteiger partial charge in [0.15, 0.2) is 0 Å². The van der Waals surface area contributed by atoms with Crippen LogP contribution < -0.4 is 0 Å². The van der Waals surface area contributed by atoms with Gasteiger partial charge in [0, 0.05) is 0 Å². The fraction of sp³-hybridized carbons (Fsp3) is 1.00. The van der Waals surface area contributed by atoms with Gasteiger partial charge in [-0.05, 0) is 59.2 Å². The van der Waals surface area contributed by atoms with Crippen molar-refractivity contribution in [3.8, 4) is 0 Å². The Morgan fingerprint density at radius 2 is 0.247 bits per heavy atom. The minimum Gasteiger partial charge on any atom is -0.0654 e. The summed E-state index contributed by atoms with van der Waals surface area (Å²) in [5.74, 6) is 8.94. The van der Waals surface area contributed by atoms with Gasteiger partial charge in [-0.3, -0.25) is 0 Å². The van der Waals surface area contributed by atoms with Gasteiger partial charge >= 0.3 is 0 Å². The summed E-state index contributed by atoms with van der Waals surface area (Å²) in [5.41, 5.74) is 0. The Balaban J connectivity index is -0.0000000934. The zero-order chi connectivity index (χ0) is 67.6. The van der Waals surface area contributed by atoms with Crippen LogP contribution in [0.15, 0.2) is 0 Å². The molecular weight excluding hydrogens is 1020 g/mol. The SMILES string of the molecule is CC(C)C.CCC(C)C.CCCC(C)C.CCCCC(C)C.CCCCCC(C)C.CCCCCCC(C)C.CCCCCCCC(C)C.CCCCCCCCC(C)C.CCCCCCCCCC(C)C.CCCCCCCCCCC(C)C. The fourth-order valence-corrected chi connectivity index (χ4v) is 8.66. The lowest BCUT2D eigenvalue weighted by molar-refractivity contribution is 0.508. The van der Waals surface area contributed by atoms with Gasteiger partial charge in [-0.1, -0.05) is 497 Å². The summed E-state index contributed by atoms with van der Waals surface area (Å²) in [6.45, 7) is 67.9. The van der Waals surface area contributed by atoms with Crippen LogP contribution in [0.3, 0.4) is 0 Å². The molecule has 0 nitrogen and oxygen atoms in total. The van der Waals surface area contributed by atoms with E-state index in [0.29, 0.717) is 0 Å². The van der Waals surface area contributed by atoms with Crippen LogP contribution in [0.5, 0.6) is 0 Å². The first-order valence-corrected chi connectivity index (χ1v) is 40.2. The molecular formula is C85H190. The molecule has 0 spiro atoms. The molecule has 0 saturated heterocycles. The molecule has 85 heavy (non-hydrogen) atoms. The van der Waals surface area contributed by atoms with Crippen molar-refractivity contribution in [2.24, 2.45) is 59.2 Å². The Hall–Kier alpha value is 0. The maximum atomic E-state index is 2.32. The highest BCUT2D eigenvalue weighted by Gasteiger charge is 1.98. The molecule has 0 bridgehead atoms. The molecule has 0 aliphatic rings. The van der Waals surface area contributed by atoms with Crippen LogP contribution in [0.25, 0.3) is 0 Å². The molecule has 0 aliphatic heterocycles. The molecule has 0 unspecified atom stereocenters. The van der Waals surface area contributed by atoms with Crippen molar-refractivity contribution < 1.29 is 0 Å². The fourth-order valence-electron chi connectivity index (χ4n) is 8.66. The third kappa shape index (κ3) is 194. The van der Waals surface area contributed by atoms with Crippen molar-refractivity contribution in [1.82, 2.24) is 0 Å². The maximum Gasteiger partial charge on any atom is -0.0471 e. The summed E-state index contributed by atoms with van der Waals surface area (Å²) >= 11 is 0. The summed E-state index contributed by atoms with van der Waals surface area (Å²) in [6.07, 6.45) is 64.0. The van der Waals surface area contributed by atoms with Gasteiger partial charge < -0.3 is 0 Å². The predicted octanol–water partition coefficient (Wildman–Crippen LogP) is 34.2. The Morgan fingerprint density at radius 3 is 0.365 bits per heavy atom. The number of unbranched alkanes of at least 4 members (excludes halogenated alkanes) is 28. The lowest BCUT2D eigenvalue weighted by Gasteiger charge is -2.03. The van der Waals surface area contributed by atoms with E-state index in [2.05, 4.69) is 208 Å². The van der Waals surface area contributed by atoms with Crippen molar-refractivity contribution in [2.75, 3.05) is 0 Å². The molecule has 0 fully saturated rings. The van der Waals surface area contributed by atoms with Crippen LogP contribution >= 0.6 is 0 Å². The van der Waals surface area contributed by atoms with Gasteiger partial charge in [0.1, 0.15) is 0 Å². The van der Waals surface area contributed by atoms with Crippen LogP contribution in [0.2, 0.25) is 0 Å². The summed E-state index contributed by atoms with van der Waals surface area (Å²) in [6, 6.07) is 0. The first-order valence-electron chi connectivity index (χ1n) is 40.2. The van der Waals surface area contributed by atoms with E-state index in [9.17, 15) is 0 Å². The van der Waals surface area contributed by atoms with E-state index in [1.54, 1.807) is 0 Å². The van der Waals surface area contributed by atoms with Crippen LogP contribution in [-0.2, 0) is 0 Å². The van der Waals surface area contributed by atoms with E-state index >= 15 is 0 Å². The molecule has 0 rings (SSSR count). The molecule has 0 aliphatic carbocycles. The third-order valence-corrected chi connectivity index (χ3v) is 14.9. The average Bonchev–Trinajstić information content (AvgIpc) is 3.41. The van der Waals surface area contributed by atoms with Crippen molar-refractivity contribution in [3.05, 3.63) is 0 Å². The van der Waals surface area contributed by atoms with Gasteiger partial charge in [0.2, 0.25) is 0 Å². The Morgan fingerprint density at radius 1 is 0.129 bits per heavy atom. The maximum absolute atomic E-state index is 2.32. The smallest absolute Gasteiger partial charge is 0.0471 e. The Bertz CT molecular complexity index is 912. The van der Waals surface area contributed by atoms with Crippen LogP contribution in [-0.4, -0.2) is 0 Å². The summed E-state index contributed by atoms with van der Waals surface area (Å²) in [4.78, 5) is 0. The van der Waals surface area contributed by atoms with Gasteiger partial charge in [-0.2, -0.15) is 0 Å². The first-order chi connectivity index (χ1) is 40.2. The van der Waals surface area contributed by atoms with E-state index in [-0.39, 0.29) is 0 Å². The molecule has 0 N–H and O–H groups in total. The topological polar surface area (TPSA) is 0 Å². The van der Waals surface area contributed by atoms with E-state index < -0.39 is 0 Å². The zero-order valence-electron chi connectivity index (χ0n) is 67.6. The Kier molecular flexibility index (Phi) is 129. The second-order valence-electron chi connectivity index (χ2n) is 30.9. The van der Waals surface area contributed by atoms with Crippen LogP contribution in [0, 0.1) is 59.2 Å². The number of hydrogen-bond donors (Lipinski definition) is 0. The van der Waals surface area contributed by atoms with Crippen molar-refractivity contribution in [2.45, 2.75) is 497 Å². The summed E-state index contributed by atoms with van der Waals surface area (Å²) in [5, 5.41) is 0. The van der Waals surface area contributed by atoms with Crippen molar-refractivity contribution >= 4 is 0 Å². The number of hydrogen-bond acceptors (Lipinski definition) is 0. The standard InChI is InChI=1S/C13H28.C12H26.C11H24.C10H22.C9H20.C8H18.C7H16.C6H14.C5H12.C4H10/c1-4-5-6-7-8-9-10-11-12-13(2)3;1-4-5-6-7-8-9-10-11-12(2)3;1-4-5-6-7-8-9-10-11(2)3;1-4-5-6-7-8-9-10(2)3;1-4-5-6-7-8-9(2)3;1-4-5-6-7-8(2)3;1-4-5-6-7(2)3;1-4-5-6(2)3;1-4-5(2)3;1-4(2)3/h13H,4-12H2,1-3H3;12H,4-11H2,1-3H3;11H,4-10H2,1-3H3;10H,4-9H2,1-3H3;9H,4-8H2,1-3H3;8H,4-7H2,1-3H3;7H,4-6H2,1-3H3;6H,4-5H2,1-3H3;5H,4H2,1-3H3;4H,1-3H3. The number of rotatable bonds is 45. The highest BCUT2D eigenvalue weighted by Crippen LogP contribution is 2.15. The van der Waals surface area contributed by atoms with Gasteiger partial charge in [0.05, 0.1) is 0 Å². The lowest BCUT2D eigenvalue weighted by atomic mass is 10.0. The van der Waals surface area contributed by atoms with Crippen molar-refractivity contribution in [3.63, 3.8) is 0 Å². The lowest BCUT2D eigenvalue weighted by Crippen LogP contribution is -1.87. The van der Waals surface area contributed by atoms with E-state index in [1.165, 1.54) is 289 Å². The molecule has 530 valence electrons. The predicted molar refractivity (Wildman–Crippen MR) is 413 cm³/mol. The van der Waals surface area contributed by atoms with Gasteiger partial charge in [0.25, 0.3) is 0 Å². The molecule has 0 amide bonds. The zero-order valence-corrected chi connectivity index (χ0v) is 67.6. The molecule has 0 aromatic rings. The van der Waals surface area contributed by atoms with Gasteiger partial charge in [-0.15, -0.1) is 0 Å². The minimum absolute atomic E-state index is 0.833.